The van der Waals surface area contributed by atoms with E-state index in [-0.39, 0.29) is 0 Å². The number of nitrogens with one attached hydrogen (secondary N) is 1. The van der Waals surface area contributed by atoms with Crippen LogP contribution in [0, 0.1) is 0 Å². The first-order valence-electron chi connectivity index (χ1n) is 8.14. The average molecular weight is 309 g/mol. The molecule has 3 rings (SSSR count). The van der Waals surface area contributed by atoms with E-state index in [2.05, 4.69) is 22.9 Å². The highest BCUT2D eigenvalue weighted by Crippen LogP contribution is 2.33. The van der Waals surface area contributed by atoms with Gasteiger partial charge in [-0.1, -0.05) is 44.1 Å². The highest BCUT2D eigenvalue weighted by atomic mass is 15.3. The van der Waals surface area contributed by atoms with Crippen molar-refractivity contribution >= 4 is 11.3 Å². The van der Waals surface area contributed by atoms with E-state index in [4.69, 9.17) is 10.8 Å². The van der Waals surface area contributed by atoms with E-state index in [1.807, 2.05) is 28.9 Å². The molecule has 0 aromatic carbocycles. The van der Waals surface area contributed by atoms with Crippen LogP contribution < -0.4 is 11.1 Å². The minimum Gasteiger partial charge on any atom is -0.385 e. The van der Waals surface area contributed by atoms with Crippen LogP contribution in [0.25, 0.3) is 5.65 Å². The Morgan fingerprint density at radius 2 is 2.13 bits per heavy atom. The van der Waals surface area contributed by atoms with Gasteiger partial charge in [0, 0.05) is 18.3 Å². The summed E-state index contributed by atoms with van der Waals surface area (Å²) in [5.74, 6) is 1.09. The highest BCUT2D eigenvalue weighted by molar-refractivity contribution is 5.69. The molecular formula is C18H23N5. The van der Waals surface area contributed by atoms with Gasteiger partial charge < -0.3 is 11.1 Å². The molecular weight excluding hydrogens is 286 g/mol. The molecule has 1 aliphatic rings. The zero-order valence-corrected chi connectivity index (χ0v) is 13.3. The molecule has 120 valence electrons. The number of allylic oxidation sites excluding steroid dienone is 4. The molecule has 0 unspecified atom stereocenters. The molecule has 5 heteroatoms. The fraction of sp³-hybridized carbons (Fsp3) is 0.333. The number of nitrogens with two attached hydrogens (primary N) is 1. The third-order valence-electron chi connectivity index (χ3n) is 4.20. The van der Waals surface area contributed by atoms with E-state index < -0.39 is 0 Å². The van der Waals surface area contributed by atoms with Crippen molar-refractivity contribution < 1.29 is 0 Å². The third kappa shape index (κ3) is 3.62. The molecule has 0 aliphatic heterocycles. The predicted molar refractivity (Wildman–Crippen MR) is 94.0 cm³/mol. The van der Waals surface area contributed by atoms with Crippen molar-refractivity contribution in [3.63, 3.8) is 0 Å². The summed E-state index contributed by atoms with van der Waals surface area (Å²) in [4.78, 5) is 4.38. The lowest BCUT2D eigenvalue weighted by molar-refractivity contribution is 0.433. The first-order valence-corrected chi connectivity index (χ1v) is 8.14. The SMILES string of the molecule is C=C/C=C\C=C(/N)Nc1cc(C2CCCCC2)nn2ccnc12. The van der Waals surface area contributed by atoms with Crippen molar-refractivity contribution in [2.75, 3.05) is 5.32 Å². The molecule has 0 radical (unpaired) electrons. The Bertz CT molecular complexity index is 735. The van der Waals surface area contributed by atoms with Crippen molar-refractivity contribution in [3.05, 3.63) is 60.9 Å². The molecule has 0 amide bonds. The monoisotopic (exact) mass is 309 g/mol. The summed E-state index contributed by atoms with van der Waals surface area (Å²) in [6.45, 7) is 3.64. The van der Waals surface area contributed by atoms with E-state index in [0.717, 1.165) is 17.0 Å². The maximum absolute atomic E-state index is 6.04. The van der Waals surface area contributed by atoms with Gasteiger partial charge in [0.25, 0.3) is 0 Å². The summed E-state index contributed by atoms with van der Waals surface area (Å²) in [5, 5.41) is 7.97. The Morgan fingerprint density at radius 1 is 1.30 bits per heavy atom. The largest absolute Gasteiger partial charge is 0.385 e. The molecule has 1 fully saturated rings. The first-order chi connectivity index (χ1) is 11.3. The van der Waals surface area contributed by atoms with Gasteiger partial charge in [0.1, 0.15) is 5.82 Å². The van der Waals surface area contributed by atoms with E-state index >= 15 is 0 Å². The minimum absolute atomic E-state index is 0.530. The average Bonchev–Trinajstić information content (AvgIpc) is 3.05. The number of rotatable bonds is 5. The van der Waals surface area contributed by atoms with Crippen LogP contribution in [0.2, 0.25) is 0 Å². The molecule has 2 aromatic heterocycles. The van der Waals surface area contributed by atoms with Gasteiger partial charge in [-0.2, -0.15) is 5.10 Å². The topological polar surface area (TPSA) is 68.2 Å². The molecule has 23 heavy (non-hydrogen) atoms. The maximum atomic E-state index is 6.04. The minimum atomic E-state index is 0.530. The number of fused-ring (bicyclic) bond motifs is 1. The van der Waals surface area contributed by atoms with Crippen molar-refractivity contribution in [2.45, 2.75) is 38.0 Å². The second kappa shape index (κ2) is 7.13. The summed E-state index contributed by atoms with van der Waals surface area (Å²) < 4.78 is 1.83. The first kappa shape index (κ1) is 15.3. The van der Waals surface area contributed by atoms with Gasteiger partial charge in [0.05, 0.1) is 11.4 Å². The lowest BCUT2D eigenvalue weighted by Gasteiger charge is -2.21. The smallest absolute Gasteiger partial charge is 0.177 e. The van der Waals surface area contributed by atoms with Gasteiger partial charge in [-0.15, -0.1) is 0 Å². The van der Waals surface area contributed by atoms with Crippen molar-refractivity contribution in [3.8, 4) is 0 Å². The number of hydrogen-bond donors (Lipinski definition) is 2. The molecule has 0 bridgehead atoms. The molecule has 1 aliphatic carbocycles. The van der Waals surface area contributed by atoms with Gasteiger partial charge in [0.15, 0.2) is 5.65 Å². The Morgan fingerprint density at radius 3 is 2.91 bits per heavy atom. The Hall–Kier alpha value is -2.56. The standard InChI is InChI=1S/C18H23N5/c1-2-3-5-10-17(19)21-16-13-15(14-8-6-4-7-9-14)22-23-12-11-20-18(16)23/h2-3,5,10-14,21H,1,4,6-9,19H2/b5-3-,17-10+. The molecule has 0 saturated heterocycles. The lowest BCUT2D eigenvalue weighted by Crippen LogP contribution is -2.13. The van der Waals surface area contributed by atoms with Crippen LogP contribution in [0.3, 0.4) is 0 Å². The summed E-state index contributed by atoms with van der Waals surface area (Å²) in [7, 11) is 0. The fourth-order valence-corrected chi connectivity index (χ4v) is 3.06. The lowest BCUT2D eigenvalue weighted by atomic mass is 9.87. The van der Waals surface area contributed by atoms with Crippen LogP contribution in [0.15, 0.2) is 55.2 Å². The van der Waals surface area contributed by atoms with Crippen LogP contribution in [-0.4, -0.2) is 14.6 Å². The van der Waals surface area contributed by atoms with Crippen LogP contribution >= 0.6 is 0 Å². The molecule has 0 atom stereocenters. The maximum Gasteiger partial charge on any atom is 0.177 e. The van der Waals surface area contributed by atoms with Gasteiger partial charge in [0.2, 0.25) is 0 Å². The second-order valence-electron chi connectivity index (χ2n) is 5.88. The van der Waals surface area contributed by atoms with Crippen molar-refractivity contribution in [1.29, 1.82) is 0 Å². The van der Waals surface area contributed by atoms with Gasteiger partial charge >= 0.3 is 0 Å². The van der Waals surface area contributed by atoms with Crippen molar-refractivity contribution in [2.24, 2.45) is 5.73 Å². The number of aromatic nitrogens is 3. The molecule has 1 saturated carbocycles. The Labute approximate surface area is 136 Å². The van der Waals surface area contributed by atoms with E-state index in [1.165, 1.54) is 32.1 Å². The summed E-state index contributed by atoms with van der Waals surface area (Å²) >= 11 is 0. The van der Waals surface area contributed by atoms with Crippen LogP contribution in [0.1, 0.15) is 43.7 Å². The normalized spacial score (nSPS) is 17.0. The molecule has 2 heterocycles. The second-order valence-corrected chi connectivity index (χ2v) is 5.88. The molecule has 0 spiro atoms. The molecule has 3 N–H and O–H groups in total. The van der Waals surface area contributed by atoms with Gasteiger partial charge in [-0.05, 0) is 25.0 Å². The number of imidazole rings is 1. The number of hydrogen-bond acceptors (Lipinski definition) is 4. The molecule has 2 aromatic rings. The quantitative estimate of drug-likeness (QED) is 0.826. The molecule has 5 nitrogen and oxygen atoms in total. The van der Waals surface area contributed by atoms with Crippen LogP contribution in [-0.2, 0) is 0 Å². The summed E-state index contributed by atoms with van der Waals surface area (Å²) in [6.07, 6.45) is 17.2. The highest BCUT2D eigenvalue weighted by Gasteiger charge is 2.19. The zero-order chi connectivity index (χ0) is 16.1. The van der Waals surface area contributed by atoms with Crippen LogP contribution in [0.5, 0.6) is 0 Å². The Balaban J connectivity index is 1.91. The number of anilines is 1. The third-order valence-corrected chi connectivity index (χ3v) is 4.20. The van der Waals surface area contributed by atoms with E-state index in [0.29, 0.717) is 11.7 Å². The summed E-state index contributed by atoms with van der Waals surface area (Å²) in [6, 6.07) is 2.09. The van der Waals surface area contributed by atoms with Gasteiger partial charge in [-0.3, -0.25) is 0 Å². The van der Waals surface area contributed by atoms with Crippen LogP contribution in [0.4, 0.5) is 5.69 Å². The van der Waals surface area contributed by atoms with Gasteiger partial charge in [-0.25, -0.2) is 9.50 Å². The predicted octanol–water partition coefficient (Wildman–Crippen LogP) is 3.73. The zero-order valence-electron chi connectivity index (χ0n) is 13.3. The fourth-order valence-electron chi connectivity index (χ4n) is 3.06. The summed E-state index contributed by atoms with van der Waals surface area (Å²) in [5.41, 5.74) is 8.84. The Kier molecular flexibility index (Phi) is 4.76. The van der Waals surface area contributed by atoms with E-state index in [1.54, 1.807) is 12.3 Å². The van der Waals surface area contributed by atoms with Crippen molar-refractivity contribution in [1.82, 2.24) is 14.6 Å². The van der Waals surface area contributed by atoms with E-state index in [9.17, 15) is 0 Å². The number of nitrogens with zero attached hydrogens (tertiary/aromatic N) is 3.